The minimum atomic E-state index is -4.49. The molecule has 0 radical (unpaired) electrons. The number of nitrogens with one attached hydrogen (secondary N) is 1. The molecule has 2 rings (SSSR count). The van der Waals surface area contributed by atoms with Crippen molar-refractivity contribution in [3.05, 3.63) is 53.9 Å². The maximum atomic E-state index is 12.5. The van der Waals surface area contributed by atoms with Gasteiger partial charge in [0.05, 0.1) is 12.2 Å². The molecule has 0 saturated carbocycles. The third-order valence-electron chi connectivity index (χ3n) is 2.82. The number of carbonyl (C=O) groups is 1. The molecule has 0 atom stereocenters. The number of hydrogen-bond acceptors (Lipinski definition) is 4. The van der Waals surface area contributed by atoms with Crippen molar-refractivity contribution in [2.24, 2.45) is 0 Å². The molecular formula is C14H13F3N4O. The summed E-state index contributed by atoms with van der Waals surface area (Å²) < 4.78 is 37.5. The van der Waals surface area contributed by atoms with Gasteiger partial charge in [-0.2, -0.15) is 13.2 Å². The Balaban J connectivity index is 1.84. The fraction of sp³-hybridized carbons (Fsp3) is 0.286. The van der Waals surface area contributed by atoms with Crippen LogP contribution in [0.1, 0.15) is 23.4 Å². The third kappa shape index (κ3) is 4.80. The van der Waals surface area contributed by atoms with E-state index in [2.05, 4.69) is 20.3 Å². The topological polar surface area (TPSA) is 67.8 Å². The number of alkyl halides is 3. The molecule has 0 aliphatic rings. The highest BCUT2D eigenvalue weighted by Crippen LogP contribution is 2.27. The van der Waals surface area contributed by atoms with Crippen LogP contribution < -0.4 is 5.32 Å². The summed E-state index contributed by atoms with van der Waals surface area (Å²) in [7, 11) is 0. The SMILES string of the molecule is O=C(CCc1cncnc1)NCc1cccc(C(F)(F)F)n1. The van der Waals surface area contributed by atoms with E-state index in [4.69, 9.17) is 0 Å². The fourth-order valence-electron chi connectivity index (χ4n) is 1.73. The van der Waals surface area contributed by atoms with Gasteiger partial charge in [-0.1, -0.05) is 6.07 Å². The fourth-order valence-corrected chi connectivity index (χ4v) is 1.73. The van der Waals surface area contributed by atoms with Crippen molar-refractivity contribution in [3.63, 3.8) is 0 Å². The van der Waals surface area contributed by atoms with E-state index < -0.39 is 11.9 Å². The van der Waals surface area contributed by atoms with E-state index >= 15 is 0 Å². The minimum Gasteiger partial charge on any atom is -0.350 e. The van der Waals surface area contributed by atoms with Crippen LogP contribution in [0.4, 0.5) is 13.2 Å². The van der Waals surface area contributed by atoms with Crippen molar-refractivity contribution < 1.29 is 18.0 Å². The predicted octanol–water partition coefficient (Wildman–Crippen LogP) is 2.14. The van der Waals surface area contributed by atoms with Gasteiger partial charge in [0.25, 0.3) is 0 Å². The van der Waals surface area contributed by atoms with E-state index in [1.54, 1.807) is 12.4 Å². The molecular weight excluding hydrogens is 297 g/mol. The number of carbonyl (C=O) groups excluding carboxylic acids is 1. The highest BCUT2D eigenvalue weighted by molar-refractivity contribution is 5.76. The van der Waals surface area contributed by atoms with Crippen LogP contribution in [-0.4, -0.2) is 20.9 Å². The normalized spacial score (nSPS) is 11.2. The second-order valence-electron chi connectivity index (χ2n) is 4.54. The standard InChI is InChI=1S/C14H13F3N4O/c15-14(16,17)12-3-1-2-11(21-12)8-20-13(22)5-4-10-6-18-9-19-7-10/h1-3,6-7,9H,4-5,8H2,(H,20,22). The summed E-state index contributed by atoms with van der Waals surface area (Å²) in [6.45, 7) is -0.0476. The Morgan fingerprint density at radius 1 is 1.18 bits per heavy atom. The van der Waals surface area contributed by atoms with E-state index in [0.29, 0.717) is 6.42 Å². The number of amides is 1. The van der Waals surface area contributed by atoms with Crippen LogP contribution in [-0.2, 0) is 23.9 Å². The number of aromatic nitrogens is 3. The molecule has 0 unspecified atom stereocenters. The molecule has 2 aromatic rings. The van der Waals surface area contributed by atoms with Gasteiger partial charge in [-0.3, -0.25) is 4.79 Å². The second kappa shape index (κ2) is 6.97. The van der Waals surface area contributed by atoms with E-state index in [-0.39, 0.29) is 24.6 Å². The zero-order valence-corrected chi connectivity index (χ0v) is 11.5. The van der Waals surface area contributed by atoms with E-state index in [1.807, 2.05) is 0 Å². The molecule has 8 heteroatoms. The Bertz CT molecular complexity index is 631. The lowest BCUT2D eigenvalue weighted by Gasteiger charge is -2.08. The molecule has 1 amide bonds. The Labute approximate surface area is 124 Å². The van der Waals surface area contributed by atoms with Crippen LogP contribution >= 0.6 is 0 Å². The smallest absolute Gasteiger partial charge is 0.350 e. The van der Waals surface area contributed by atoms with Crippen LogP contribution in [0.15, 0.2) is 36.9 Å². The summed E-state index contributed by atoms with van der Waals surface area (Å²) >= 11 is 0. The van der Waals surface area contributed by atoms with Gasteiger partial charge < -0.3 is 5.32 Å². The molecule has 116 valence electrons. The molecule has 0 bridgehead atoms. The molecule has 0 aliphatic heterocycles. The number of halogens is 3. The number of aryl methyl sites for hydroxylation is 1. The van der Waals surface area contributed by atoms with E-state index in [0.717, 1.165) is 11.6 Å². The van der Waals surface area contributed by atoms with Gasteiger partial charge in [0.2, 0.25) is 5.91 Å². The lowest BCUT2D eigenvalue weighted by Crippen LogP contribution is -2.24. The highest BCUT2D eigenvalue weighted by Gasteiger charge is 2.32. The van der Waals surface area contributed by atoms with Gasteiger partial charge >= 0.3 is 6.18 Å². The van der Waals surface area contributed by atoms with Crippen LogP contribution in [0.3, 0.4) is 0 Å². The van der Waals surface area contributed by atoms with Gasteiger partial charge in [0.1, 0.15) is 12.0 Å². The number of nitrogens with zero attached hydrogens (tertiary/aromatic N) is 3. The zero-order chi connectivity index (χ0) is 16.0. The highest BCUT2D eigenvalue weighted by atomic mass is 19.4. The summed E-state index contributed by atoms with van der Waals surface area (Å²) in [5.41, 5.74) is 0.00162. The number of hydrogen-bond donors (Lipinski definition) is 1. The minimum absolute atomic E-state index is 0.0476. The average molecular weight is 310 g/mol. The van der Waals surface area contributed by atoms with Gasteiger partial charge in [-0.15, -0.1) is 0 Å². The monoisotopic (exact) mass is 310 g/mol. The van der Waals surface area contributed by atoms with Crippen molar-refractivity contribution in [2.75, 3.05) is 0 Å². The Kier molecular flexibility index (Phi) is 5.03. The maximum absolute atomic E-state index is 12.5. The van der Waals surface area contributed by atoms with Crippen molar-refractivity contribution in [3.8, 4) is 0 Å². The van der Waals surface area contributed by atoms with Gasteiger partial charge in [0, 0.05) is 18.8 Å². The zero-order valence-electron chi connectivity index (χ0n) is 11.5. The molecule has 1 N–H and O–H groups in total. The summed E-state index contributed by atoms with van der Waals surface area (Å²) in [5.74, 6) is -0.275. The molecule has 0 spiro atoms. The maximum Gasteiger partial charge on any atom is 0.433 e. The van der Waals surface area contributed by atoms with Crippen LogP contribution in [0.2, 0.25) is 0 Å². The third-order valence-corrected chi connectivity index (χ3v) is 2.82. The van der Waals surface area contributed by atoms with Gasteiger partial charge in [-0.25, -0.2) is 15.0 Å². The molecule has 2 aromatic heterocycles. The molecule has 0 fully saturated rings. The Morgan fingerprint density at radius 2 is 1.91 bits per heavy atom. The van der Waals surface area contributed by atoms with Crippen LogP contribution in [0.5, 0.6) is 0 Å². The molecule has 0 saturated heterocycles. The second-order valence-corrected chi connectivity index (χ2v) is 4.54. The molecule has 0 aromatic carbocycles. The van der Waals surface area contributed by atoms with Crippen molar-refractivity contribution in [1.29, 1.82) is 0 Å². The summed E-state index contributed by atoms with van der Waals surface area (Å²) in [4.78, 5) is 22.8. The molecule has 22 heavy (non-hydrogen) atoms. The van der Waals surface area contributed by atoms with E-state index in [1.165, 1.54) is 18.5 Å². The molecule has 0 aliphatic carbocycles. The van der Waals surface area contributed by atoms with Crippen molar-refractivity contribution in [1.82, 2.24) is 20.3 Å². The van der Waals surface area contributed by atoms with Gasteiger partial charge in [-0.05, 0) is 24.1 Å². The van der Waals surface area contributed by atoms with Crippen LogP contribution in [0, 0.1) is 0 Å². The first-order valence-corrected chi connectivity index (χ1v) is 6.49. The Morgan fingerprint density at radius 3 is 2.59 bits per heavy atom. The van der Waals surface area contributed by atoms with Gasteiger partial charge in [0.15, 0.2) is 0 Å². The van der Waals surface area contributed by atoms with E-state index in [9.17, 15) is 18.0 Å². The number of pyridine rings is 1. The molecule has 2 heterocycles. The summed E-state index contributed by atoms with van der Waals surface area (Å²) in [5, 5.41) is 2.54. The quantitative estimate of drug-likeness (QED) is 0.919. The predicted molar refractivity (Wildman–Crippen MR) is 71.4 cm³/mol. The van der Waals surface area contributed by atoms with Crippen molar-refractivity contribution >= 4 is 5.91 Å². The lowest BCUT2D eigenvalue weighted by molar-refractivity contribution is -0.141. The average Bonchev–Trinajstić information content (AvgIpc) is 2.51. The summed E-state index contributed by atoms with van der Waals surface area (Å²) in [6, 6.07) is 3.58. The summed E-state index contributed by atoms with van der Waals surface area (Å²) in [6.07, 6.45) is 0.772. The number of rotatable bonds is 5. The molecule has 5 nitrogen and oxygen atoms in total. The lowest BCUT2D eigenvalue weighted by atomic mass is 10.2. The largest absolute Gasteiger partial charge is 0.433 e. The van der Waals surface area contributed by atoms with Crippen molar-refractivity contribution in [2.45, 2.75) is 25.6 Å². The first-order valence-electron chi connectivity index (χ1n) is 6.49. The van der Waals surface area contributed by atoms with Crippen LogP contribution in [0.25, 0.3) is 0 Å². The Hall–Kier alpha value is -2.51. The first-order chi connectivity index (χ1) is 10.4. The first kappa shape index (κ1) is 15.9.